The number of para-hydroxylation sites is 1. The molecule has 0 atom stereocenters. The quantitative estimate of drug-likeness (QED) is 0.196. The topological polar surface area (TPSA) is 51.8 Å². The summed E-state index contributed by atoms with van der Waals surface area (Å²) in [5.74, 6) is 1.86. The van der Waals surface area contributed by atoms with E-state index in [2.05, 4.69) is 103 Å². The van der Waals surface area contributed by atoms with Gasteiger partial charge in [0.25, 0.3) is 0 Å². The number of furan rings is 1. The zero-order valence-corrected chi connectivity index (χ0v) is 24.2. The molecule has 0 radical (unpaired) electrons. The molecule has 7 aromatic carbocycles. The third-order valence-corrected chi connectivity index (χ3v) is 8.52. The predicted molar refractivity (Wildman–Crippen MR) is 184 cm³/mol. The average molecular weight is 576 g/mol. The zero-order chi connectivity index (χ0) is 29.7. The molecule has 4 nitrogen and oxygen atoms in total. The lowest BCUT2D eigenvalue weighted by Crippen LogP contribution is -2.00. The van der Waals surface area contributed by atoms with Gasteiger partial charge in [0.1, 0.15) is 11.2 Å². The monoisotopic (exact) mass is 575 g/mol. The van der Waals surface area contributed by atoms with Gasteiger partial charge < -0.3 is 4.42 Å². The van der Waals surface area contributed by atoms with Crippen LogP contribution in [0.4, 0.5) is 0 Å². The Morgan fingerprint density at radius 1 is 0.378 bits per heavy atom. The molecule has 0 saturated heterocycles. The van der Waals surface area contributed by atoms with E-state index in [1.165, 1.54) is 21.5 Å². The summed E-state index contributed by atoms with van der Waals surface area (Å²) in [5.41, 5.74) is 6.60. The van der Waals surface area contributed by atoms with Gasteiger partial charge in [-0.2, -0.15) is 0 Å². The molecule has 0 fully saturated rings. The van der Waals surface area contributed by atoms with Gasteiger partial charge in [-0.3, -0.25) is 0 Å². The second kappa shape index (κ2) is 10.2. The molecule has 4 heteroatoms. The maximum absolute atomic E-state index is 6.55. The van der Waals surface area contributed by atoms with E-state index < -0.39 is 0 Å². The second-order valence-electron chi connectivity index (χ2n) is 11.2. The van der Waals surface area contributed by atoms with E-state index in [9.17, 15) is 0 Å². The van der Waals surface area contributed by atoms with Crippen LogP contribution in [0.25, 0.3) is 88.8 Å². The van der Waals surface area contributed by atoms with E-state index >= 15 is 0 Å². The molecule has 9 rings (SSSR count). The Hall–Kier alpha value is -6.13. The van der Waals surface area contributed by atoms with Crippen LogP contribution < -0.4 is 0 Å². The average Bonchev–Trinajstić information content (AvgIpc) is 3.51. The molecule has 0 saturated carbocycles. The maximum Gasteiger partial charge on any atom is 0.164 e. The van der Waals surface area contributed by atoms with Crippen LogP contribution in [0.1, 0.15) is 0 Å². The van der Waals surface area contributed by atoms with Gasteiger partial charge in [0, 0.05) is 33.0 Å². The van der Waals surface area contributed by atoms with E-state index in [0.29, 0.717) is 17.5 Å². The third-order valence-electron chi connectivity index (χ3n) is 8.52. The second-order valence-corrected chi connectivity index (χ2v) is 11.2. The zero-order valence-electron chi connectivity index (χ0n) is 24.2. The smallest absolute Gasteiger partial charge is 0.164 e. The van der Waals surface area contributed by atoms with Crippen molar-refractivity contribution in [1.82, 2.24) is 15.0 Å². The molecule has 0 aliphatic rings. The van der Waals surface area contributed by atoms with Crippen LogP contribution in [-0.4, -0.2) is 15.0 Å². The van der Waals surface area contributed by atoms with Gasteiger partial charge in [-0.05, 0) is 39.2 Å². The first-order valence-corrected chi connectivity index (χ1v) is 15.0. The van der Waals surface area contributed by atoms with E-state index in [0.717, 1.165) is 49.8 Å². The Morgan fingerprint density at radius 2 is 0.978 bits per heavy atom. The molecule has 0 N–H and O–H groups in total. The first-order chi connectivity index (χ1) is 22.3. The van der Waals surface area contributed by atoms with Crippen molar-refractivity contribution in [3.8, 4) is 45.3 Å². The van der Waals surface area contributed by atoms with E-state index in [1.54, 1.807) is 0 Å². The summed E-state index contributed by atoms with van der Waals surface area (Å²) in [6, 6.07) is 52.1. The van der Waals surface area contributed by atoms with Crippen LogP contribution in [0.5, 0.6) is 0 Å². The molecule has 45 heavy (non-hydrogen) atoms. The van der Waals surface area contributed by atoms with Crippen LogP contribution in [0.15, 0.2) is 156 Å². The lowest BCUT2D eigenvalue weighted by atomic mass is 9.99. The Bertz CT molecular complexity index is 2540. The van der Waals surface area contributed by atoms with Gasteiger partial charge in [0.15, 0.2) is 17.5 Å². The molecule has 210 valence electrons. The molecule has 9 aromatic rings. The largest absolute Gasteiger partial charge is 0.455 e. The number of fused-ring (bicyclic) bond motifs is 6. The number of hydrogen-bond acceptors (Lipinski definition) is 4. The highest BCUT2D eigenvalue weighted by molar-refractivity contribution is 6.15. The minimum atomic E-state index is 0.607. The normalized spacial score (nSPS) is 11.6. The highest BCUT2D eigenvalue weighted by Crippen LogP contribution is 2.40. The molecule has 0 aliphatic carbocycles. The van der Waals surface area contributed by atoms with Crippen molar-refractivity contribution in [2.24, 2.45) is 0 Å². The number of nitrogens with zero attached hydrogens (tertiary/aromatic N) is 3. The Morgan fingerprint density at radius 3 is 1.80 bits per heavy atom. The molecular weight excluding hydrogens is 550 g/mol. The molecule has 2 aromatic heterocycles. The molecule has 0 spiro atoms. The van der Waals surface area contributed by atoms with Crippen molar-refractivity contribution in [2.75, 3.05) is 0 Å². The first kappa shape index (κ1) is 25.4. The Kier molecular flexibility index (Phi) is 5.78. The highest BCUT2D eigenvalue weighted by atomic mass is 16.3. The Balaban J connectivity index is 1.30. The first-order valence-electron chi connectivity index (χ1n) is 15.0. The number of hydrogen-bond donors (Lipinski definition) is 0. The summed E-state index contributed by atoms with van der Waals surface area (Å²) in [7, 11) is 0. The van der Waals surface area contributed by atoms with Gasteiger partial charge in [0.05, 0.1) is 0 Å². The van der Waals surface area contributed by atoms with Crippen molar-refractivity contribution in [1.29, 1.82) is 0 Å². The summed E-state index contributed by atoms with van der Waals surface area (Å²) in [4.78, 5) is 15.2. The minimum absolute atomic E-state index is 0.607. The van der Waals surface area contributed by atoms with Crippen molar-refractivity contribution in [2.45, 2.75) is 0 Å². The summed E-state index contributed by atoms with van der Waals surface area (Å²) >= 11 is 0. The number of rotatable bonds is 4. The standard InChI is InChI=1S/C41H25N3O/c1-3-11-26(12-4-1)32-17-9-18-33-37-34(19-10-20-36(37)45-38(32)33)41-43-39(29-14-5-2-6-15-29)42-40(44-41)30-24-23-28-22-21-27-13-7-8-16-31(27)35(28)25-30/h1-25H. The third kappa shape index (κ3) is 4.27. The lowest BCUT2D eigenvalue weighted by molar-refractivity contribution is 0.670. The van der Waals surface area contributed by atoms with Crippen molar-refractivity contribution in [3.63, 3.8) is 0 Å². The molecule has 0 aliphatic heterocycles. The SMILES string of the molecule is c1ccc(-c2nc(-c3ccc4ccc5ccccc5c4c3)nc(-c3cccc4oc5c(-c6ccccc6)cccc5c34)n2)cc1. The minimum Gasteiger partial charge on any atom is -0.455 e. The fourth-order valence-electron chi connectivity index (χ4n) is 6.36. The highest BCUT2D eigenvalue weighted by Gasteiger charge is 2.19. The molecular formula is C41H25N3O. The maximum atomic E-state index is 6.55. The molecule has 0 bridgehead atoms. The van der Waals surface area contributed by atoms with Gasteiger partial charge in [0.2, 0.25) is 0 Å². The van der Waals surface area contributed by atoms with E-state index in [-0.39, 0.29) is 0 Å². The van der Waals surface area contributed by atoms with Crippen LogP contribution >= 0.6 is 0 Å². The lowest BCUT2D eigenvalue weighted by Gasteiger charge is -2.10. The number of benzene rings is 7. The van der Waals surface area contributed by atoms with Crippen LogP contribution in [-0.2, 0) is 0 Å². The summed E-state index contributed by atoms with van der Waals surface area (Å²) in [6.07, 6.45) is 0. The summed E-state index contributed by atoms with van der Waals surface area (Å²) in [6.45, 7) is 0. The molecule has 0 amide bonds. The summed E-state index contributed by atoms with van der Waals surface area (Å²) < 4.78 is 6.55. The van der Waals surface area contributed by atoms with E-state index in [4.69, 9.17) is 19.4 Å². The van der Waals surface area contributed by atoms with Crippen LogP contribution in [0.3, 0.4) is 0 Å². The van der Waals surface area contributed by atoms with Gasteiger partial charge in [-0.1, -0.05) is 140 Å². The molecule has 0 unspecified atom stereocenters. The van der Waals surface area contributed by atoms with E-state index in [1.807, 2.05) is 48.5 Å². The van der Waals surface area contributed by atoms with Gasteiger partial charge in [-0.15, -0.1) is 0 Å². The number of aromatic nitrogens is 3. The van der Waals surface area contributed by atoms with Gasteiger partial charge in [-0.25, -0.2) is 15.0 Å². The van der Waals surface area contributed by atoms with Gasteiger partial charge >= 0.3 is 0 Å². The van der Waals surface area contributed by atoms with Crippen molar-refractivity contribution >= 4 is 43.5 Å². The van der Waals surface area contributed by atoms with Crippen LogP contribution in [0.2, 0.25) is 0 Å². The molecule has 2 heterocycles. The van der Waals surface area contributed by atoms with Crippen molar-refractivity contribution < 1.29 is 4.42 Å². The van der Waals surface area contributed by atoms with Crippen molar-refractivity contribution in [3.05, 3.63) is 152 Å². The predicted octanol–water partition coefficient (Wildman–Crippen LogP) is 10.7. The fourth-order valence-corrected chi connectivity index (χ4v) is 6.36. The van der Waals surface area contributed by atoms with Crippen LogP contribution in [0, 0.1) is 0 Å². The Labute approximate surface area is 259 Å². The fraction of sp³-hybridized carbons (Fsp3) is 0. The summed E-state index contributed by atoms with van der Waals surface area (Å²) in [5, 5.41) is 6.78.